The van der Waals surface area contributed by atoms with E-state index in [1.54, 1.807) is 12.1 Å². The molecule has 22 nitrogen and oxygen atoms in total. The summed E-state index contributed by atoms with van der Waals surface area (Å²) in [6.07, 6.45) is 8.01. The molecule has 6 rings (SSSR count). The molecule has 0 fully saturated rings. The lowest BCUT2D eigenvalue weighted by atomic mass is 9.74. The molecule has 2 aliphatic rings. The van der Waals surface area contributed by atoms with E-state index in [4.69, 9.17) is 5.11 Å². The lowest BCUT2D eigenvalue weighted by Crippen LogP contribution is -2.36. The molecule has 2 heterocycles. The van der Waals surface area contributed by atoms with Gasteiger partial charge in [0.25, 0.3) is 30.4 Å². The second-order valence-electron chi connectivity index (χ2n) is 22.1. The molecule has 0 saturated carbocycles. The Kier molecular flexibility index (Phi) is 20.3. The number of sulfone groups is 1. The van der Waals surface area contributed by atoms with Crippen molar-refractivity contribution in [2.75, 3.05) is 38.2 Å². The van der Waals surface area contributed by atoms with Crippen molar-refractivity contribution in [2.45, 2.75) is 161 Å². The Labute approximate surface area is 474 Å². The van der Waals surface area contributed by atoms with E-state index in [9.17, 15) is 74.7 Å². The van der Waals surface area contributed by atoms with Gasteiger partial charge >= 0.3 is 5.97 Å². The van der Waals surface area contributed by atoms with Gasteiger partial charge in [-0.05, 0) is 112 Å². The van der Waals surface area contributed by atoms with Crippen LogP contribution in [0.4, 0.5) is 11.4 Å². The van der Waals surface area contributed by atoms with E-state index >= 15 is 0 Å². The Balaban J connectivity index is 1.04. The molecule has 2 unspecified atom stereocenters. The van der Waals surface area contributed by atoms with Crippen molar-refractivity contribution in [3.8, 4) is 0 Å². The van der Waals surface area contributed by atoms with Crippen LogP contribution in [0.1, 0.15) is 142 Å². The minimum absolute atomic E-state index is 0.0234. The number of carboxylic acid groups (broad SMARTS) is 1. The van der Waals surface area contributed by atoms with Crippen LogP contribution in [-0.2, 0) is 75.5 Å². The monoisotopic (exact) mass is 1230 g/mol. The van der Waals surface area contributed by atoms with Crippen LogP contribution in [0.3, 0.4) is 0 Å². The highest BCUT2D eigenvalue weighted by Crippen LogP contribution is 2.49. The molecule has 27 heteroatoms. The van der Waals surface area contributed by atoms with Crippen molar-refractivity contribution in [3.63, 3.8) is 0 Å². The normalized spacial score (nSPS) is 17.0. The van der Waals surface area contributed by atoms with Gasteiger partial charge in [0, 0.05) is 99.3 Å². The van der Waals surface area contributed by atoms with Gasteiger partial charge in [0.15, 0.2) is 11.4 Å². The summed E-state index contributed by atoms with van der Waals surface area (Å²) >= 11 is 0. The summed E-state index contributed by atoms with van der Waals surface area (Å²) in [5.74, 6) is -1.58. The summed E-state index contributed by atoms with van der Waals surface area (Å²) in [6, 6.07) is 9.91. The Morgan fingerprint density at radius 3 is 1.56 bits per heavy atom. The molecule has 0 radical (unpaired) electrons. The maximum atomic E-state index is 13.3. The molecule has 446 valence electrons. The van der Waals surface area contributed by atoms with Crippen LogP contribution in [0.5, 0.6) is 0 Å². The molecule has 0 aromatic heterocycles. The molecule has 0 spiro atoms. The summed E-state index contributed by atoms with van der Waals surface area (Å²) < 4.78 is 169. The number of unbranched alkanes of at least 4 members (excludes halogenated alkanes) is 6. The van der Waals surface area contributed by atoms with Crippen LogP contribution < -0.4 is 10.6 Å². The van der Waals surface area contributed by atoms with Crippen LogP contribution in [0.25, 0.3) is 21.5 Å². The third-order valence-corrected chi connectivity index (χ3v) is 20.4. The van der Waals surface area contributed by atoms with Crippen LogP contribution in [0, 0.1) is 5.92 Å². The van der Waals surface area contributed by atoms with E-state index in [1.165, 1.54) is 18.2 Å². The number of aliphatic carboxylic acids is 1. The Morgan fingerprint density at radius 1 is 0.568 bits per heavy atom. The largest absolute Gasteiger partial charge is 0.744 e. The van der Waals surface area contributed by atoms with Crippen LogP contribution in [0.15, 0.2) is 68.1 Å². The molecular formula is C54H73N4O18S5+. The van der Waals surface area contributed by atoms with Crippen LogP contribution in [0.2, 0.25) is 0 Å². The van der Waals surface area contributed by atoms with Crippen molar-refractivity contribution >= 4 is 112 Å². The van der Waals surface area contributed by atoms with E-state index in [1.807, 2.05) is 39.2 Å². The maximum Gasteiger partial charge on any atom is 0.303 e. The number of carbonyl (C=O) groups excluding carboxylic acids is 2. The SMILES string of the molecule is CC1=[N+](CCCCCC(=O)NCC(CCCCCC(=O)O)CNC(=O)CCCCCC2(C)C(C)=[N+](CCCS(C)(=O)=O)c3ccc4c(S(=O)(=O)[O-])cc(S(=O)(=O)O)cc4c32)c2ccc3c(S(=O)(=O)O)cc(S(=O)(=O)O)cc3c2C1(C)C. The minimum atomic E-state index is -5.23. The van der Waals surface area contributed by atoms with Gasteiger partial charge < -0.3 is 20.3 Å². The number of carboxylic acids is 1. The number of carbonyl (C=O) groups is 3. The summed E-state index contributed by atoms with van der Waals surface area (Å²) in [4.78, 5) is 34.6. The Bertz CT molecular complexity index is 3800. The van der Waals surface area contributed by atoms with Gasteiger partial charge in [-0.3, -0.25) is 28.0 Å². The minimum Gasteiger partial charge on any atom is -0.744 e. The predicted octanol–water partition coefficient (Wildman–Crippen LogP) is 6.94. The van der Waals surface area contributed by atoms with Gasteiger partial charge in [-0.25, -0.2) is 16.8 Å². The standard InChI is InChI=1S/C54H72N4O18S5/c1-35-53(3,4)51-42-29-38(78(65,66)67)31-46(80(71,72)73)40(42)21-23-44(51)57(35)26-15-9-12-19-49(60)56-34-37(17-10-7-13-20-50(61)62)33-55-48(59)18-11-8-14-25-54(5)36(2)58(27-16-28-77(6,63)64)45-24-22-41-43(52(45)54)30-39(79(68,69)70)32-47(41)81(74,75)76/h21-24,29-32,37H,7-20,25-28,33-34H2,1-6H3,(H5-2,55,56,59,60,61,62,65,66,67,68,69,70,71,72,73,74,75,76)/p+1. The number of benzene rings is 4. The molecule has 0 aliphatic carbocycles. The Morgan fingerprint density at radius 2 is 1.04 bits per heavy atom. The zero-order valence-electron chi connectivity index (χ0n) is 46.3. The fourth-order valence-corrected chi connectivity index (χ4v) is 14.7. The highest BCUT2D eigenvalue weighted by atomic mass is 32.2. The quantitative estimate of drug-likeness (QED) is 0.0175. The van der Waals surface area contributed by atoms with Gasteiger partial charge in [-0.1, -0.05) is 25.7 Å². The summed E-state index contributed by atoms with van der Waals surface area (Å²) in [5.41, 5.74) is 2.47. The predicted molar refractivity (Wildman–Crippen MR) is 303 cm³/mol. The van der Waals surface area contributed by atoms with E-state index in [-0.39, 0.29) is 90.3 Å². The molecule has 4 aromatic rings. The molecule has 2 amide bonds. The van der Waals surface area contributed by atoms with Crippen molar-refractivity contribution < 1.29 is 88.9 Å². The van der Waals surface area contributed by atoms with Crippen molar-refractivity contribution in [2.24, 2.45) is 5.92 Å². The van der Waals surface area contributed by atoms with Gasteiger partial charge in [0.2, 0.25) is 23.2 Å². The number of nitrogens with one attached hydrogen (secondary N) is 2. The first-order valence-corrected chi connectivity index (χ1v) is 34.5. The van der Waals surface area contributed by atoms with E-state index in [0.717, 1.165) is 29.8 Å². The second-order valence-corrected chi connectivity index (χ2v) is 29.9. The van der Waals surface area contributed by atoms with E-state index < -0.39 is 86.7 Å². The second kappa shape index (κ2) is 25.3. The zero-order chi connectivity index (χ0) is 60.3. The molecule has 4 aromatic carbocycles. The first kappa shape index (κ1) is 64.9. The molecule has 2 aliphatic heterocycles. The molecule has 81 heavy (non-hydrogen) atoms. The first-order chi connectivity index (χ1) is 37.5. The highest BCUT2D eigenvalue weighted by molar-refractivity contribution is 7.90. The summed E-state index contributed by atoms with van der Waals surface area (Å²) in [6.45, 7) is 10.8. The van der Waals surface area contributed by atoms with Crippen molar-refractivity contribution in [3.05, 3.63) is 59.7 Å². The van der Waals surface area contributed by atoms with Crippen molar-refractivity contribution in [1.29, 1.82) is 0 Å². The maximum absolute atomic E-state index is 13.3. The smallest absolute Gasteiger partial charge is 0.303 e. The van der Waals surface area contributed by atoms with E-state index in [0.29, 0.717) is 106 Å². The Hall–Kier alpha value is -5.26. The fourth-order valence-electron chi connectivity index (χ4n) is 11.4. The summed E-state index contributed by atoms with van der Waals surface area (Å²) in [7, 11) is -23.3. The van der Waals surface area contributed by atoms with Crippen LogP contribution in [-0.4, -0.2) is 142 Å². The van der Waals surface area contributed by atoms with Gasteiger partial charge in [0.05, 0.1) is 31.3 Å². The number of hydrogen-bond donors (Lipinski definition) is 6. The summed E-state index contributed by atoms with van der Waals surface area (Å²) in [5, 5.41) is 15.5. The molecule has 2 atom stereocenters. The fraction of sp³-hybridized carbons (Fsp3) is 0.537. The number of amides is 2. The number of fused-ring (bicyclic) bond motifs is 6. The number of rotatable bonds is 30. The first-order valence-electron chi connectivity index (χ1n) is 26.7. The third kappa shape index (κ3) is 15.7. The third-order valence-electron chi connectivity index (χ3n) is 16.0. The average Bonchev–Trinajstić information content (AvgIpc) is 3.94. The molecule has 6 N–H and O–H groups in total. The van der Waals surface area contributed by atoms with Gasteiger partial charge in [-0.2, -0.15) is 34.4 Å². The number of hydrogen-bond acceptors (Lipinski definition) is 14. The topological polar surface area (TPSA) is 356 Å². The van der Waals surface area contributed by atoms with Gasteiger partial charge in [0.1, 0.15) is 37.9 Å². The highest BCUT2D eigenvalue weighted by Gasteiger charge is 2.48. The van der Waals surface area contributed by atoms with Crippen molar-refractivity contribution in [1.82, 2.24) is 10.6 Å². The van der Waals surface area contributed by atoms with Crippen LogP contribution >= 0.6 is 0 Å². The lowest BCUT2D eigenvalue weighted by molar-refractivity contribution is -0.439. The van der Waals surface area contributed by atoms with E-state index in [2.05, 4.69) is 15.2 Å². The molecular weight excluding hydrogens is 1150 g/mol. The molecule has 0 saturated heterocycles. The average molecular weight is 1230 g/mol. The number of nitrogens with zero attached hydrogens (tertiary/aromatic N) is 2. The zero-order valence-corrected chi connectivity index (χ0v) is 50.4. The van der Waals surface area contributed by atoms with Gasteiger partial charge in [-0.15, -0.1) is 0 Å². The lowest BCUT2D eigenvalue weighted by Gasteiger charge is -2.24. The molecule has 0 bridgehead atoms.